The number of hydrogen-bond acceptors (Lipinski definition) is 1. The minimum absolute atomic E-state index is 0.267. The normalized spacial score (nSPS) is 10.4. The van der Waals surface area contributed by atoms with E-state index in [1.54, 1.807) is 6.07 Å². The van der Waals surface area contributed by atoms with Crippen molar-refractivity contribution in [2.75, 3.05) is 0 Å². The van der Waals surface area contributed by atoms with Crippen molar-refractivity contribution in [2.24, 2.45) is 0 Å². The third kappa shape index (κ3) is 3.47. The van der Waals surface area contributed by atoms with E-state index in [0.717, 1.165) is 10.0 Å². The first kappa shape index (κ1) is 13.4. The molecule has 0 unspecified atom stereocenters. The summed E-state index contributed by atoms with van der Waals surface area (Å²) in [5, 5.41) is 0. The molecule has 0 radical (unpaired) electrons. The van der Waals surface area contributed by atoms with Gasteiger partial charge in [-0.1, -0.05) is 34.1 Å². The highest BCUT2D eigenvalue weighted by molar-refractivity contribution is 9.10. The van der Waals surface area contributed by atoms with Crippen LogP contribution in [0.15, 0.2) is 46.9 Å². The summed E-state index contributed by atoms with van der Waals surface area (Å²) < 4.78 is 19.8. The van der Waals surface area contributed by atoms with E-state index in [9.17, 15) is 4.39 Å². The molecular formula is C14H11BrClFO. The van der Waals surface area contributed by atoms with Crippen LogP contribution in [0.3, 0.4) is 0 Å². The summed E-state index contributed by atoms with van der Waals surface area (Å²) in [6, 6.07) is 12.2. The number of halogens is 3. The van der Waals surface area contributed by atoms with Gasteiger partial charge in [-0.05, 0) is 23.8 Å². The Balaban J connectivity index is 2.11. The molecule has 0 atom stereocenters. The van der Waals surface area contributed by atoms with Gasteiger partial charge in [-0.3, -0.25) is 0 Å². The summed E-state index contributed by atoms with van der Waals surface area (Å²) in [4.78, 5) is 0. The van der Waals surface area contributed by atoms with E-state index in [-0.39, 0.29) is 11.7 Å². The van der Waals surface area contributed by atoms with E-state index in [4.69, 9.17) is 16.3 Å². The van der Waals surface area contributed by atoms with Gasteiger partial charge in [-0.2, -0.15) is 0 Å². The average Bonchev–Trinajstić information content (AvgIpc) is 2.37. The van der Waals surface area contributed by atoms with Crippen LogP contribution >= 0.6 is 27.5 Å². The second-order valence-electron chi connectivity index (χ2n) is 3.81. The van der Waals surface area contributed by atoms with Gasteiger partial charge in [0.2, 0.25) is 0 Å². The van der Waals surface area contributed by atoms with Crippen molar-refractivity contribution in [1.82, 2.24) is 0 Å². The van der Waals surface area contributed by atoms with E-state index >= 15 is 0 Å². The van der Waals surface area contributed by atoms with Gasteiger partial charge < -0.3 is 4.74 Å². The van der Waals surface area contributed by atoms with E-state index < -0.39 is 0 Å². The summed E-state index contributed by atoms with van der Waals surface area (Å²) in [5.74, 6) is 0.417. The van der Waals surface area contributed by atoms with Crippen LogP contribution < -0.4 is 4.74 Å². The summed E-state index contributed by atoms with van der Waals surface area (Å²) in [6.45, 7) is 0.382. The van der Waals surface area contributed by atoms with Gasteiger partial charge in [0, 0.05) is 22.0 Å². The Morgan fingerprint density at radius 2 is 1.94 bits per heavy atom. The van der Waals surface area contributed by atoms with Gasteiger partial charge in [0.1, 0.15) is 18.2 Å². The summed E-state index contributed by atoms with van der Waals surface area (Å²) in [6.07, 6.45) is 0. The SMILES string of the molecule is Fc1cc(CCl)cc(OCc2ccccc2Br)c1. The molecule has 0 saturated heterocycles. The van der Waals surface area contributed by atoms with Crippen LogP contribution in [0.25, 0.3) is 0 Å². The van der Waals surface area contributed by atoms with Gasteiger partial charge in [0.05, 0.1) is 0 Å². The second-order valence-corrected chi connectivity index (χ2v) is 4.93. The van der Waals surface area contributed by atoms with E-state index in [0.29, 0.717) is 17.9 Å². The molecule has 0 aliphatic carbocycles. The maximum atomic E-state index is 13.3. The Bertz CT molecular complexity index is 545. The summed E-state index contributed by atoms with van der Waals surface area (Å²) in [7, 11) is 0. The third-order valence-electron chi connectivity index (χ3n) is 2.44. The zero-order valence-corrected chi connectivity index (χ0v) is 11.8. The fourth-order valence-electron chi connectivity index (χ4n) is 1.56. The molecular weight excluding hydrogens is 319 g/mol. The van der Waals surface area contributed by atoms with Gasteiger partial charge in [-0.25, -0.2) is 4.39 Å². The molecule has 0 heterocycles. The molecule has 0 saturated carbocycles. The highest BCUT2D eigenvalue weighted by Crippen LogP contribution is 2.21. The van der Waals surface area contributed by atoms with Crippen LogP contribution in [0, 0.1) is 5.82 Å². The molecule has 2 rings (SSSR count). The van der Waals surface area contributed by atoms with Crippen molar-refractivity contribution in [3.8, 4) is 5.75 Å². The lowest BCUT2D eigenvalue weighted by atomic mass is 10.2. The van der Waals surface area contributed by atoms with Crippen LogP contribution in [0.5, 0.6) is 5.75 Å². The molecule has 2 aromatic carbocycles. The zero-order valence-electron chi connectivity index (χ0n) is 9.50. The molecule has 0 bridgehead atoms. The first-order valence-corrected chi connectivity index (χ1v) is 6.73. The van der Waals surface area contributed by atoms with Crippen LogP contribution in [0.4, 0.5) is 4.39 Å². The minimum atomic E-state index is -0.338. The lowest BCUT2D eigenvalue weighted by Gasteiger charge is -2.09. The predicted molar refractivity (Wildman–Crippen MR) is 74.4 cm³/mol. The number of benzene rings is 2. The Morgan fingerprint density at radius 3 is 2.67 bits per heavy atom. The Hall–Kier alpha value is -1.06. The van der Waals surface area contributed by atoms with E-state index in [1.165, 1.54) is 12.1 Å². The summed E-state index contributed by atoms with van der Waals surface area (Å²) >= 11 is 9.12. The number of alkyl halides is 1. The molecule has 0 fully saturated rings. The molecule has 0 N–H and O–H groups in total. The molecule has 1 nitrogen and oxygen atoms in total. The van der Waals surface area contributed by atoms with Gasteiger partial charge >= 0.3 is 0 Å². The van der Waals surface area contributed by atoms with Crippen LogP contribution in [-0.2, 0) is 12.5 Å². The fraction of sp³-hybridized carbons (Fsp3) is 0.143. The fourth-order valence-corrected chi connectivity index (χ4v) is 2.11. The molecule has 4 heteroatoms. The Labute approximate surface area is 119 Å². The lowest BCUT2D eigenvalue weighted by molar-refractivity contribution is 0.303. The predicted octanol–water partition coefficient (Wildman–Crippen LogP) is 4.91. The maximum Gasteiger partial charge on any atom is 0.127 e. The maximum absolute atomic E-state index is 13.3. The highest BCUT2D eigenvalue weighted by atomic mass is 79.9. The molecule has 0 spiro atoms. The molecule has 94 valence electrons. The van der Waals surface area contributed by atoms with Crippen LogP contribution in [0.2, 0.25) is 0 Å². The van der Waals surface area contributed by atoms with Crippen LogP contribution in [0.1, 0.15) is 11.1 Å². The lowest BCUT2D eigenvalue weighted by Crippen LogP contribution is -1.97. The number of rotatable bonds is 4. The third-order valence-corrected chi connectivity index (χ3v) is 3.52. The van der Waals surface area contributed by atoms with Gasteiger partial charge in [-0.15, -0.1) is 11.6 Å². The molecule has 0 aliphatic rings. The average molecular weight is 330 g/mol. The van der Waals surface area contributed by atoms with Gasteiger partial charge in [0.25, 0.3) is 0 Å². The number of ether oxygens (including phenoxy) is 1. The monoisotopic (exact) mass is 328 g/mol. The molecule has 18 heavy (non-hydrogen) atoms. The quantitative estimate of drug-likeness (QED) is 0.725. The largest absolute Gasteiger partial charge is 0.489 e. The van der Waals surface area contributed by atoms with Gasteiger partial charge in [0.15, 0.2) is 0 Å². The second kappa shape index (κ2) is 6.21. The topological polar surface area (TPSA) is 9.23 Å². The first-order valence-electron chi connectivity index (χ1n) is 5.40. The standard InChI is InChI=1S/C14H11BrClFO/c15-14-4-2-1-3-11(14)9-18-13-6-10(8-16)5-12(17)7-13/h1-7H,8-9H2. The minimum Gasteiger partial charge on any atom is -0.489 e. The molecule has 0 aliphatic heterocycles. The van der Waals surface area contributed by atoms with E-state index in [2.05, 4.69) is 15.9 Å². The van der Waals surface area contributed by atoms with Crippen molar-refractivity contribution >= 4 is 27.5 Å². The van der Waals surface area contributed by atoms with Crippen molar-refractivity contribution in [3.05, 3.63) is 63.9 Å². The van der Waals surface area contributed by atoms with Crippen molar-refractivity contribution < 1.29 is 9.13 Å². The van der Waals surface area contributed by atoms with Crippen molar-refractivity contribution in [1.29, 1.82) is 0 Å². The molecule has 2 aromatic rings. The molecule has 0 aromatic heterocycles. The molecule has 0 amide bonds. The smallest absolute Gasteiger partial charge is 0.127 e. The zero-order chi connectivity index (χ0) is 13.0. The highest BCUT2D eigenvalue weighted by Gasteiger charge is 2.03. The first-order chi connectivity index (χ1) is 8.69. The van der Waals surface area contributed by atoms with Crippen LogP contribution in [-0.4, -0.2) is 0 Å². The Kier molecular flexibility index (Phi) is 4.61. The van der Waals surface area contributed by atoms with E-state index in [1.807, 2.05) is 24.3 Å². The van der Waals surface area contributed by atoms with Crippen molar-refractivity contribution in [3.63, 3.8) is 0 Å². The Morgan fingerprint density at radius 1 is 1.17 bits per heavy atom. The number of hydrogen-bond donors (Lipinski definition) is 0. The summed E-state index contributed by atoms with van der Waals surface area (Å²) in [5.41, 5.74) is 1.72. The van der Waals surface area contributed by atoms with Crippen molar-refractivity contribution in [2.45, 2.75) is 12.5 Å².